The summed E-state index contributed by atoms with van der Waals surface area (Å²) >= 11 is 0. The van der Waals surface area contributed by atoms with Crippen LogP contribution in [0.4, 0.5) is 11.4 Å². The number of anilines is 2. The smallest absolute Gasteiger partial charge is 0.238 e. The molecule has 0 spiro atoms. The van der Waals surface area contributed by atoms with Crippen molar-refractivity contribution in [2.24, 2.45) is 0 Å². The Labute approximate surface area is 112 Å². The molecule has 6 nitrogen and oxygen atoms in total. The number of nitrogens with one attached hydrogen (secondary N) is 1. The molecule has 0 radical (unpaired) electrons. The molecule has 1 unspecified atom stereocenters. The van der Waals surface area contributed by atoms with Gasteiger partial charge in [-0.1, -0.05) is 0 Å². The average molecular weight is 265 g/mol. The molecule has 0 aliphatic carbocycles. The quantitative estimate of drug-likeness (QED) is 0.662. The predicted molar refractivity (Wildman–Crippen MR) is 72.7 cm³/mol. The van der Waals surface area contributed by atoms with E-state index in [0.717, 1.165) is 5.69 Å². The molecule has 1 atom stereocenters. The van der Waals surface area contributed by atoms with E-state index in [4.69, 9.17) is 15.6 Å². The first-order chi connectivity index (χ1) is 9.17. The highest BCUT2D eigenvalue weighted by atomic mass is 16.5. The Morgan fingerprint density at radius 3 is 2.89 bits per heavy atom. The van der Waals surface area contributed by atoms with Crippen LogP contribution < -0.4 is 11.1 Å². The number of hydrogen-bond donors (Lipinski definition) is 3. The summed E-state index contributed by atoms with van der Waals surface area (Å²) in [5.41, 5.74) is 6.97. The largest absolute Gasteiger partial charge is 0.399 e. The van der Waals surface area contributed by atoms with Crippen molar-refractivity contribution in [2.75, 3.05) is 43.9 Å². The Morgan fingerprint density at radius 1 is 1.47 bits per heavy atom. The van der Waals surface area contributed by atoms with Crippen molar-refractivity contribution in [3.05, 3.63) is 24.3 Å². The molecule has 19 heavy (non-hydrogen) atoms. The third kappa shape index (κ3) is 4.20. The van der Waals surface area contributed by atoms with Gasteiger partial charge in [0, 0.05) is 24.5 Å². The molecular weight excluding hydrogens is 246 g/mol. The van der Waals surface area contributed by atoms with E-state index >= 15 is 0 Å². The summed E-state index contributed by atoms with van der Waals surface area (Å²) in [4.78, 5) is 13.8. The van der Waals surface area contributed by atoms with Gasteiger partial charge in [0.2, 0.25) is 5.91 Å². The summed E-state index contributed by atoms with van der Waals surface area (Å²) in [6, 6.07) is 7.02. The molecule has 6 heteroatoms. The molecule has 4 N–H and O–H groups in total. The van der Waals surface area contributed by atoms with Crippen LogP contribution in [0.3, 0.4) is 0 Å². The first kappa shape index (κ1) is 13.8. The first-order valence-electron chi connectivity index (χ1n) is 6.27. The molecule has 0 saturated carbocycles. The van der Waals surface area contributed by atoms with Gasteiger partial charge in [-0.2, -0.15) is 0 Å². The molecule has 1 aliphatic heterocycles. The minimum absolute atomic E-state index is 0.0178. The van der Waals surface area contributed by atoms with E-state index in [2.05, 4.69) is 5.32 Å². The molecule has 1 aromatic rings. The minimum atomic E-state index is -0.196. The predicted octanol–water partition coefficient (Wildman–Crippen LogP) is -0.0996. The topological polar surface area (TPSA) is 87.8 Å². The van der Waals surface area contributed by atoms with Gasteiger partial charge in [0.25, 0.3) is 0 Å². The molecule has 0 aromatic heterocycles. The molecule has 1 heterocycles. The molecule has 2 rings (SSSR count). The molecule has 1 aromatic carbocycles. The zero-order valence-corrected chi connectivity index (χ0v) is 10.7. The fourth-order valence-electron chi connectivity index (χ4n) is 2.00. The summed E-state index contributed by atoms with van der Waals surface area (Å²) in [5, 5.41) is 11.8. The van der Waals surface area contributed by atoms with Crippen LogP contribution in [0.5, 0.6) is 0 Å². The van der Waals surface area contributed by atoms with Gasteiger partial charge in [0.05, 0.1) is 25.9 Å². The summed E-state index contributed by atoms with van der Waals surface area (Å²) in [5.74, 6) is -0.0802. The third-order valence-corrected chi connectivity index (χ3v) is 2.99. The number of hydrogen-bond acceptors (Lipinski definition) is 5. The maximum atomic E-state index is 11.9. The minimum Gasteiger partial charge on any atom is -0.399 e. The van der Waals surface area contributed by atoms with Crippen molar-refractivity contribution in [3.63, 3.8) is 0 Å². The second-order valence-electron chi connectivity index (χ2n) is 4.58. The summed E-state index contributed by atoms with van der Waals surface area (Å²) < 4.78 is 5.33. The second kappa shape index (κ2) is 6.51. The van der Waals surface area contributed by atoms with Gasteiger partial charge in [-0.25, -0.2) is 0 Å². The number of morpholine rings is 1. The van der Waals surface area contributed by atoms with Crippen molar-refractivity contribution in [2.45, 2.75) is 6.10 Å². The van der Waals surface area contributed by atoms with E-state index in [0.29, 0.717) is 31.9 Å². The highest BCUT2D eigenvalue weighted by molar-refractivity contribution is 5.92. The zero-order valence-electron chi connectivity index (χ0n) is 10.7. The molecule has 1 amide bonds. The Bertz CT molecular complexity index is 422. The normalized spacial score (nSPS) is 20.2. The van der Waals surface area contributed by atoms with Crippen LogP contribution >= 0.6 is 0 Å². The number of nitrogens with zero attached hydrogens (tertiary/aromatic N) is 1. The Hall–Kier alpha value is -1.63. The second-order valence-corrected chi connectivity index (χ2v) is 4.58. The van der Waals surface area contributed by atoms with E-state index in [1.54, 1.807) is 24.3 Å². The van der Waals surface area contributed by atoms with Crippen LogP contribution in [0.25, 0.3) is 0 Å². The number of amides is 1. The Morgan fingerprint density at radius 2 is 2.21 bits per heavy atom. The molecular formula is C13H19N3O3. The Kier molecular flexibility index (Phi) is 4.73. The highest BCUT2D eigenvalue weighted by Crippen LogP contribution is 2.11. The van der Waals surface area contributed by atoms with Crippen molar-refractivity contribution in [1.82, 2.24) is 4.90 Å². The van der Waals surface area contributed by atoms with Crippen LogP contribution in [-0.2, 0) is 9.53 Å². The fourth-order valence-corrected chi connectivity index (χ4v) is 2.00. The van der Waals surface area contributed by atoms with E-state index in [9.17, 15) is 4.79 Å². The van der Waals surface area contributed by atoms with Gasteiger partial charge in [-0.15, -0.1) is 0 Å². The van der Waals surface area contributed by atoms with E-state index in [1.807, 2.05) is 4.90 Å². The number of carbonyl (C=O) groups is 1. The number of nitrogens with two attached hydrogens (primary N) is 1. The number of benzene rings is 1. The van der Waals surface area contributed by atoms with Crippen LogP contribution in [-0.4, -0.2) is 54.9 Å². The number of ether oxygens (including phenoxy) is 1. The number of carbonyl (C=O) groups excluding carboxylic acids is 1. The number of aliphatic hydroxyl groups is 1. The fraction of sp³-hybridized carbons (Fsp3) is 0.462. The lowest BCUT2D eigenvalue weighted by Crippen LogP contribution is -2.46. The molecule has 104 valence electrons. The average Bonchev–Trinajstić information content (AvgIpc) is 2.41. The zero-order chi connectivity index (χ0) is 13.7. The van der Waals surface area contributed by atoms with Crippen LogP contribution in [0.15, 0.2) is 24.3 Å². The van der Waals surface area contributed by atoms with Gasteiger partial charge in [-0.05, 0) is 24.3 Å². The molecule has 0 bridgehead atoms. The summed E-state index contributed by atoms with van der Waals surface area (Å²) in [6.07, 6.45) is -0.196. The van der Waals surface area contributed by atoms with Gasteiger partial charge >= 0.3 is 0 Å². The van der Waals surface area contributed by atoms with Gasteiger partial charge in [0.1, 0.15) is 0 Å². The number of aliphatic hydroxyl groups excluding tert-OH is 1. The van der Waals surface area contributed by atoms with Crippen LogP contribution in [0.1, 0.15) is 0 Å². The van der Waals surface area contributed by atoms with E-state index < -0.39 is 0 Å². The lowest BCUT2D eigenvalue weighted by Gasteiger charge is -2.31. The SMILES string of the molecule is Nc1ccc(NC(=O)CN2CCOC(CO)C2)cc1. The van der Waals surface area contributed by atoms with Crippen molar-refractivity contribution < 1.29 is 14.6 Å². The van der Waals surface area contributed by atoms with Crippen molar-refractivity contribution in [3.8, 4) is 0 Å². The maximum Gasteiger partial charge on any atom is 0.238 e. The first-order valence-corrected chi connectivity index (χ1v) is 6.27. The number of rotatable bonds is 4. The monoisotopic (exact) mass is 265 g/mol. The molecule has 1 saturated heterocycles. The maximum absolute atomic E-state index is 11.9. The highest BCUT2D eigenvalue weighted by Gasteiger charge is 2.21. The lowest BCUT2D eigenvalue weighted by atomic mass is 10.2. The number of nitrogen functional groups attached to an aromatic ring is 1. The van der Waals surface area contributed by atoms with Gasteiger partial charge in [-0.3, -0.25) is 9.69 Å². The standard InChI is InChI=1S/C13H19N3O3/c14-10-1-3-11(4-2-10)15-13(18)8-16-5-6-19-12(7-16)9-17/h1-4,12,17H,5-9,14H2,(H,15,18). The van der Waals surface area contributed by atoms with Crippen LogP contribution in [0.2, 0.25) is 0 Å². The summed E-state index contributed by atoms with van der Waals surface area (Å²) in [6.45, 7) is 2.10. The third-order valence-electron chi connectivity index (χ3n) is 2.99. The van der Waals surface area contributed by atoms with Crippen LogP contribution in [0, 0.1) is 0 Å². The Balaban J connectivity index is 1.82. The van der Waals surface area contributed by atoms with Crippen molar-refractivity contribution in [1.29, 1.82) is 0 Å². The van der Waals surface area contributed by atoms with E-state index in [-0.39, 0.29) is 18.6 Å². The molecule has 1 fully saturated rings. The van der Waals surface area contributed by atoms with E-state index in [1.165, 1.54) is 0 Å². The summed E-state index contributed by atoms with van der Waals surface area (Å²) in [7, 11) is 0. The lowest BCUT2D eigenvalue weighted by molar-refractivity contribution is -0.120. The van der Waals surface area contributed by atoms with Gasteiger partial charge in [0.15, 0.2) is 0 Å². The van der Waals surface area contributed by atoms with Crippen molar-refractivity contribution >= 4 is 17.3 Å². The van der Waals surface area contributed by atoms with Gasteiger partial charge < -0.3 is 20.9 Å². The molecule has 1 aliphatic rings.